The topological polar surface area (TPSA) is 44.9 Å². The van der Waals surface area contributed by atoms with Gasteiger partial charge in [-0.15, -0.1) is 0 Å². The second-order valence-corrected chi connectivity index (χ2v) is 12.9. The monoisotopic (exact) mass is 516 g/mol. The molecule has 0 bridgehead atoms. The normalized spacial score (nSPS) is 11.7. The number of hydrogen-bond donors (Lipinski definition) is 2. The van der Waals surface area contributed by atoms with Gasteiger partial charge in [0.15, 0.2) is 0 Å². The Kier molecular flexibility index (Phi) is 6.74. The van der Waals surface area contributed by atoms with E-state index in [0.717, 1.165) is 26.8 Å². The van der Waals surface area contributed by atoms with Gasteiger partial charge in [-0.2, -0.15) is 0 Å². The van der Waals surface area contributed by atoms with Crippen molar-refractivity contribution in [2.45, 2.75) is 0 Å². The van der Waals surface area contributed by atoms with Crippen molar-refractivity contribution in [2.75, 3.05) is 0 Å². The molecule has 6 heteroatoms. The molecule has 0 fully saturated rings. The van der Waals surface area contributed by atoms with E-state index in [4.69, 9.17) is 23.2 Å². The van der Waals surface area contributed by atoms with Gasteiger partial charge in [-0.3, -0.25) is 0 Å². The maximum atomic E-state index is 13.7. The van der Waals surface area contributed by atoms with Gasteiger partial charge in [0, 0.05) is 0 Å². The predicted molar refractivity (Wildman–Crippen MR) is 151 cm³/mol. The third-order valence-corrected chi connectivity index (χ3v) is 11.7. The summed E-state index contributed by atoms with van der Waals surface area (Å²) in [4.78, 5) is 16.9. The Labute approximate surface area is 214 Å². The van der Waals surface area contributed by atoms with Gasteiger partial charge in [0.05, 0.1) is 0 Å². The number of aromatic nitrogens is 1. The summed E-state index contributed by atoms with van der Waals surface area (Å²) in [5.74, 6) is -0.268. The van der Waals surface area contributed by atoms with Crippen LogP contribution in [0.3, 0.4) is 0 Å². The maximum absolute atomic E-state index is 13.7. The van der Waals surface area contributed by atoms with E-state index < -0.39 is 7.26 Å². The van der Waals surface area contributed by atoms with Crippen molar-refractivity contribution in [3.05, 3.63) is 137 Å². The molecule has 1 amide bonds. The Morgan fingerprint density at radius 3 is 1.60 bits per heavy atom. The number of carbonyl (C=O) groups is 1. The number of amides is 1. The average Bonchev–Trinajstić information content (AvgIpc) is 3.35. The van der Waals surface area contributed by atoms with Gasteiger partial charge in [-0.05, 0) is 0 Å². The molecule has 0 aliphatic rings. The van der Waals surface area contributed by atoms with E-state index in [1.54, 1.807) is 6.20 Å². The van der Waals surface area contributed by atoms with E-state index in [9.17, 15) is 4.79 Å². The number of halogens is 2. The van der Waals surface area contributed by atoms with E-state index in [1.807, 2.05) is 78.9 Å². The summed E-state index contributed by atoms with van der Waals surface area (Å²) in [6.45, 7) is 0. The molecule has 4 aromatic carbocycles. The number of fused-ring (bicyclic) bond motifs is 1. The first-order valence-corrected chi connectivity index (χ1v) is 14.0. The molecule has 0 radical (unpaired) electrons. The molecule has 3 nitrogen and oxygen atoms in total. The van der Waals surface area contributed by atoms with E-state index in [1.165, 1.54) is 0 Å². The molecule has 5 aromatic rings. The zero-order valence-corrected chi connectivity index (χ0v) is 21.2. The van der Waals surface area contributed by atoms with Gasteiger partial charge in [-0.25, -0.2) is 0 Å². The minimum atomic E-state index is -3.09. The van der Waals surface area contributed by atoms with Gasteiger partial charge in [-0.1, -0.05) is 0 Å². The summed E-state index contributed by atoms with van der Waals surface area (Å²) in [5.41, 5.74) is 1.95. The fourth-order valence-electron chi connectivity index (χ4n) is 4.72. The number of rotatable bonds is 6. The summed E-state index contributed by atoms with van der Waals surface area (Å²) < 4.78 is 0.0430. The van der Waals surface area contributed by atoms with Crippen molar-refractivity contribution < 1.29 is 4.79 Å². The Bertz CT molecular complexity index is 1400. The van der Waals surface area contributed by atoms with E-state index >= 15 is 0 Å². The number of H-pyrrole nitrogens is 1. The SMILES string of the molecule is O=C(NC(=C(Cl)Cl)[PH](c1ccccc1)(c1ccccc1)c1ccccc1)c1c[nH]c2ccccc12. The van der Waals surface area contributed by atoms with Crippen molar-refractivity contribution in [2.24, 2.45) is 0 Å². The molecule has 0 atom stereocenters. The second-order valence-electron chi connectivity index (χ2n) is 8.19. The van der Waals surface area contributed by atoms with Crippen LogP contribution in [0.2, 0.25) is 0 Å². The quantitative estimate of drug-likeness (QED) is 0.258. The molecule has 1 heterocycles. The van der Waals surface area contributed by atoms with Crippen molar-refractivity contribution in [1.29, 1.82) is 0 Å². The third-order valence-electron chi connectivity index (χ3n) is 6.26. The van der Waals surface area contributed by atoms with Crippen LogP contribution in [0.4, 0.5) is 0 Å². The number of aromatic amines is 1. The van der Waals surface area contributed by atoms with Crippen LogP contribution in [-0.2, 0) is 0 Å². The first-order valence-electron chi connectivity index (χ1n) is 11.2. The minimum absolute atomic E-state index is 0.0430. The van der Waals surface area contributed by atoms with Gasteiger partial charge in [0.2, 0.25) is 0 Å². The molecule has 1 aromatic heterocycles. The van der Waals surface area contributed by atoms with Crippen molar-refractivity contribution in [3.63, 3.8) is 0 Å². The summed E-state index contributed by atoms with van der Waals surface area (Å²) >= 11 is 13.3. The van der Waals surface area contributed by atoms with Crippen LogP contribution < -0.4 is 21.2 Å². The fourth-order valence-corrected chi connectivity index (χ4v) is 10.2. The molecule has 0 spiro atoms. The van der Waals surface area contributed by atoms with Crippen LogP contribution in [0.1, 0.15) is 10.4 Å². The van der Waals surface area contributed by atoms with Crippen molar-refractivity contribution in [3.8, 4) is 0 Å². The second kappa shape index (κ2) is 10.1. The summed E-state index contributed by atoms with van der Waals surface area (Å²) in [7, 11) is -3.09. The molecule has 174 valence electrons. The molecule has 0 aliphatic carbocycles. The number of nitrogens with one attached hydrogen (secondary N) is 2. The average molecular weight is 517 g/mol. The standard InChI is InChI=1S/C29H23Cl2N2OP/c30-27(31)29(33-28(34)25-20-32-26-19-11-10-18-24(25)26)35(21-12-4-1-5-13-21,22-14-6-2-7-15-22)23-16-8-3-9-17-23/h1-20,32,35H,(H,33,34). The summed E-state index contributed by atoms with van der Waals surface area (Å²) in [6, 6.07) is 38.2. The molecule has 35 heavy (non-hydrogen) atoms. The fraction of sp³-hybridized carbons (Fsp3) is 0. The third kappa shape index (κ3) is 4.28. The molecule has 5 rings (SSSR count). The molecule has 0 unspecified atom stereocenters. The van der Waals surface area contributed by atoms with Crippen LogP contribution in [0.5, 0.6) is 0 Å². The molecule has 0 saturated carbocycles. The van der Waals surface area contributed by atoms with Crippen LogP contribution in [-0.4, -0.2) is 10.9 Å². The van der Waals surface area contributed by atoms with E-state index in [0.29, 0.717) is 11.0 Å². The van der Waals surface area contributed by atoms with Gasteiger partial charge in [0.25, 0.3) is 0 Å². The molecular formula is C29H23Cl2N2OP. The van der Waals surface area contributed by atoms with Crippen LogP contribution >= 0.6 is 30.5 Å². The predicted octanol–water partition coefficient (Wildman–Crippen LogP) is 6.23. The van der Waals surface area contributed by atoms with Crippen LogP contribution in [0.25, 0.3) is 10.9 Å². The number of benzene rings is 4. The number of para-hydroxylation sites is 1. The van der Waals surface area contributed by atoms with Gasteiger partial charge in [0.1, 0.15) is 0 Å². The molecule has 0 saturated heterocycles. The Balaban J connectivity index is 1.76. The summed E-state index contributed by atoms with van der Waals surface area (Å²) in [6.07, 6.45) is 1.72. The first kappa shape index (κ1) is 23.4. The molecule has 0 aliphatic heterocycles. The Morgan fingerprint density at radius 1 is 0.657 bits per heavy atom. The van der Waals surface area contributed by atoms with Crippen molar-refractivity contribution >= 4 is 63.2 Å². The zero-order chi connectivity index (χ0) is 24.3. The Hall–Kier alpha value is -3.36. The Morgan fingerprint density at radius 2 is 1.11 bits per heavy atom. The van der Waals surface area contributed by atoms with E-state index in [2.05, 4.69) is 46.7 Å². The van der Waals surface area contributed by atoms with Crippen LogP contribution in [0.15, 0.2) is 131 Å². The van der Waals surface area contributed by atoms with Crippen LogP contribution in [0, 0.1) is 0 Å². The first-order chi connectivity index (χ1) is 17.1. The summed E-state index contributed by atoms with van der Waals surface area (Å²) in [5, 5.41) is 7.18. The van der Waals surface area contributed by atoms with E-state index in [-0.39, 0.29) is 10.4 Å². The number of hydrogen-bond acceptors (Lipinski definition) is 1. The van der Waals surface area contributed by atoms with Gasteiger partial charge < -0.3 is 0 Å². The molecule has 2 N–H and O–H groups in total. The molecular weight excluding hydrogens is 494 g/mol. The van der Waals surface area contributed by atoms with Gasteiger partial charge >= 0.3 is 215 Å². The zero-order valence-electron chi connectivity index (χ0n) is 18.7. The van der Waals surface area contributed by atoms with Crippen molar-refractivity contribution in [1.82, 2.24) is 10.3 Å². The number of carbonyl (C=O) groups excluding carboxylic acids is 1.